The quantitative estimate of drug-likeness (QED) is 0.815. The number of nitrogens with one attached hydrogen (secondary N) is 1. The molecule has 1 aliphatic heterocycles. The van der Waals surface area contributed by atoms with Gasteiger partial charge < -0.3 is 10.1 Å². The Labute approximate surface area is 162 Å². The molecule has 142 valence electrons. The highest BCUT2D eigenvalue weighted by atomic mass is 16.5. The van der Waals surface area contributed by atoms with E-state index in [1.165, 1.54) is 30.4 Å². The van der Waals surface area contributed by atoms with Gasteiger partial charge in [0.2, 0.25) is 5.91 Å². The molecule has 0 unspecified atom stereocenters. The maximum absolute atomic E-state index is 12.8. The normalized spacial score (nSPS) is 20.6. The molecule has 3 heteroatoms. The largest absolute Gasteiger partial charge is 0.487 e. The van der Waals surface area contributed by atoms with Gasteiger partial charge >= 0.3 is 0 Å². The molecule has 0 aromatic heterocycles. The maximum Gasteiger partial charge on any atom is 0.224 e. The van der Waals surface area contributed by atoms with Gasteiger partial charge in [0.05, 0.1) is 12.5 Å². The standard InChI is InChI=1S/C24H29NO2/c1-17-10-11-19(18(2)14-17)15-23(26)25-21-16-24(12-6-3-7-13-24)27-22-9-5-4-8-20(21)22/h4-5,8-11,14,21H,3,6-7,12-13,15-16H2,1-2H3,(H,25,26)/t21-/m0/s1. The number of ether oxygens (including phenoxy) is 1. The zero-order valence-corrected chi connectivity index (χ0v) is 16.4. The highest BCUT2D eigenvalue weighted by Gasteiger charge is 2.42. The molecular weight excluding hydrogens is 334 g/mol. The Balaban J connectivity index is 1.53. The fourth-order valence-electron chi connectivity index (χ4n) is 4.71. The SMILES string of the molecule is Cc1ccc(CC(=O)N[C@H]2CC3(CCCCC3)Oc3ccccc32)c(C)c1. The maximum atomic E-state index is 12.8. The predicted octanol–water partition coefficient (Wildman–Crippen LogP) is 5.19. The first-order chi connectivity index (χ1) is 13.0. The minimum Gasteiger partial charge on any atom is -0.487 e. The Morgan fingerprint density at radius 2 is 1.89 bits per heavy atom. The lowest BCUT2D eigenvalue weighted by Crippen LogP contribution is -2.46. The second kappa shape index (κ2) is 7.38. The van der Waals surface area contributed by atoms with Crippen LogP contribution in [0.25, 0.3) is 0 Å². The summed E-state index contributed by atoms with van der Waals surface area (Å²) < 4.78 is 6.47. The van der Waals surface area contributed by atoms with Crippen LogP contribution >= 0.6 is 0 Å². The Morgan fingerprint density at radius 1 is 1.11 bits per heavy atom. The number of hydrogen-bond acceptors (Lipinski definition) is 2. The molecule has 1 aliphatic carbocycles. The van der Waals surface area contributed by atoms with Crippen molar-refractivity contribution in [1.82, 2.24) is 5.32 Å². The second-order valence-corrected chi connectivity index (χ2v) is 8.31. The average Bonchev–Trinajstić information content (AvgIpc) is 2.64. The van der Waals surface area contributed by atoms with Crippen LogP contribution in [0.1, 0.15) is 66.8 Å². The van der Waals surface area contributed by atoms with Gasteiger partial charge in [0.1, 0.15) is 11.4 Å². The summed E-state index contributed by atoms with van der Waals surface area (Å²) >= 11 is 0. The van der Waals surface area contributed by atoms with Crippen molar-refractivity contribution in [2.45, 2.75) is 70.4 Å². The summed E-state index contributed by atoms with van der Waals surface area (Å²) in [6, 6.07) is 14.5. The van der Waals surface area contributed by atoms with E-state index in [-0.39, 0.29) is 17.6 Å². The van der Waals surface area contributed by atoms with Crippen molar-refractivity contribution in [3.8, 4) is 5.75 Å². The molecule has 3 nitrogen and oxygen atoms in total. The topological polar surface area (TPSA) is 38.3 Å². The summed E-state index contributed by atoms with van der Waals surface area (Å²) in [4.78, 5) is 12.8. The van der Waals surface area contributed by atoms with Gasteiger partial charge in [0.15, 0.2) is 0 Å². The van der Waals surface area contributed by atoms with Crippen molar-refractivity contribution in [1.29, 1.82) is 0 Å². The molecule has 2 aromatic carbocycles. The monoisotopic (exact) mass is 363 g/mol. The number of amides is 1. The van der Waals surface area contributed by atoms with Crippen molar-refractivity contribution < 1.29 is 9.53 Å². The van der Waals surface area contributed by atoms with Gasteiger partial charge in [-0.05, 0) is 56.7 Å². The zero-order chi connectivity index (χ0) is 18.9. The molecule has 4 rings (SSSR count). The first-order valence-electron chi connectivity index (χ1n) is 10.2. The van der Waals surface area contributed by atoms with Crippen LogP contribution in [0.15, 0.2) is 42.5 Å². The third-order valence-corrected chi connectivity index (χ3v) is 6.15. The van der Waals surface area contributed by atoms with Crippen LogP contribution in [0.2, 0.25) is 0 Å². The van der Waals surface area contributed by atoms with Crippen LogP contribution in [-0.4, -0.2) is 11.5 Å². The van der Waals surface area contributed by atoms with Gasteiger partial charge in [0, 0.05) is 12.0 Å². The van der Waals surface area contributed by atoms with Gasteiger partial charge in [-0.3, -0.25) is 4.79 Å². The molecule has 1 fully saturated rings. The molecular formula is C24H29NO2. The average molecular weight is 364 g/mol. The van der Waals surface area contributed by atoms with E-state index in [1.807, 2.05) is 18.2 Å². The fourth-order valence-corrected chi connectivity index (χ4v) is 4.71. The molecule has 0 bridgehead atoms. The minimum absolute atomic E-state index is 0.0336. The van der Waals surface area contributed by atoms with Crippen LogP contribution in [0.4, 0.5) is 0 Å². The van der Waals surface area contributed by atoms with Gasteiger partial charge in [-0.2, -0.15) is 0 Å². The molecule has 2 aromatic rings. The first-order valence-corrected chi connectivity index (χ1v) is 10.2. The number of rotatable bonds is 3. The first kappa shape index (κ1) is 18.1. The van der Waals surface area contributed by atoms with E-state index < -0.39 is 0 Å². The van der Waals surface area contributed by atoms with Gasteiger partial charge in [0.25, 0.3) is 0 Å². The van der Waals surface area contributed by atoms with E-state index in [0.717, 1.165) is 36.1 Å². The highest BCUT2D eigenvalue weighted by molar-refractivity contribution is 5.79. The fraction of sp³-hybridized carbons (Fsp3) is 0.458. The Morgan fingerprint density at radius 3 is 2.67 bits per heavy atom. The molecule has 27 heavy (non-hydrogen) atoms. The molecule has 1 spiro atoms. The summed E-state index contributed by atoms with van der Waals surface area (Å²) in [5, 5.41) is 3.32. The molecule has 0 saturated heterocycles. The highest BCUT2D eigenvalue weighted by Crippen LogP contribution is 2.46. The van der Waals surface area contributed by atoms with Crippen LogP contribution in [0.3, 0.4) is 0 Å². The number of fused-ring (bicyclic) bond motifs is 1. The molecule has 1 saturated carbocycles. The van der Waals surface area contributed by atoms with Crippen LogP contribution < -0.4 is 10.1 Å². The van der Waals surface area contributed by atoms with Gasteiger partial charge in [-0.15, -0.1) is 0 Å². The smallest absolute Gasteiger partial charge is 0.224 e. The van der Waals surface area contributed by atoms with E-state index in [2.05, 4.69) is 43.4 Å². The summed E-state index contributed by atoms with van der Waals surface area (Å²) in [7, 11) is 0. The van der Waals surface area contributed by atoms with E-state index in [0.29, 0.717) is 6.42 Å². The third-order valence-electron chi connectivity index (χ3n) is 6.15. The van der Waals surface area contributed by atoms with Crippen molar-refractivity contribution in [2.75, 3.05) is 0 Å². The summed E-state index contributed by atoms with van der Waals surface area (Å²) in [5.74, 6) is 1.04. The Hall–Kier alpha value is -2.29. The predicted molar refractivity (Wildman–Crippen MR) is 108 cm³/mol. The lowest BCUT2D eigenvalue weighted by Gasteiger charge is -2.44. The van der Waals surface area contributed by atoms with E-state index in [4.69, 9.17) is 4.74 Å². The molecule has 1 N–H and O–H groups in total. The number of benzene rings is 2. The van der Waals surface area contributed by atoms with Crippen LogP contribution in [0, 0.1) is 13.8 Å². The lowest BCUT2D eigenvalue weighted by molar-refractivity contribution is -0.122. The van der Waals surface area contributed by atoms with Crippen LogP contribution in [0.5, 0.6) is 5.75 Å². The van der Waals surface area contributed by atoms with Crippen LogP contribution in [-0.2, 0) is 11.2 Å². The van der Waals surface area contributed by atoms with Crippen molar-refractivity contribution in [3.05, 3.63) is 64.7 Å². The Kier molecular flexibility index (Phi) is 4.94. The van der Waals surface area contributed by atoms with Gasteiger partial charge in [-0.1, -0.05) is 48.4 Å². The molecule has 1 amide bonds. The zero-order valence-electron chi connectivity index (χ0n) is 16.4. The molecule has 0 radical (unpaired) electrons. The third kappa shape index (κ3) is 3.87. The van der Waals surface area contributed by atoms with Crippen molar-refractivity contribution in [2.24, 2.45) is 0 Å². The van der Waals surface area contributed by atoms with Crippen molar-refractivity contribution in [3.63, 3.8) is 0 Å². The number of carbonyl (C=O) groups excluding carboxylic acids is 1. The number of para-hydroxylation sites is 1. The van der Waals surface area contributed by atoms with E-state index in [1.54, 1.807) is 0 Å². The number of hydrogen-bond donors (Lipinski definition) is 1. The number of carbonyl (C=O) groups is 1. The number of aryl methyl sites for hydroxylation is 2. The minimum atomic E-state index is -0.107. The van der Waals surface area contributed by atoms with Crippen molar-refractivity contribution >= 4 is 5.91 Å². The Bertz CT molecular complexity index is 836. The molecule has 1 atom stereocenters. The van der Waals surface area contributed by atoms with E-state index >= 15 is 0 Å². The van der Waals surface area contributed by atoms with E-state index in [9.17, 15) is 4.79 Å². The summed E-state index contributed by atoms with van der Waals surface area (Å²) in [5.41, 5.74) is 4.52. The second-order valence-electron chi connectivity index (χ2n) is 8.31. The molecule has 1 heterocycles. The lowest BCUT2D eigenvalue weighted by atomic mass is 9.77. The van der Waals surface area contributed by atoms with Gasteiger partial charge in [-0.25, -0.2) is 0 Å². The summed E-state index contributed by atoms with van der Waals surface area (Å²) in [6.45, 7) is 4.16. The summed E-state index contributed by atoms with van der Waals surface area (Å²) in [6.07, 6.45) is 7.20. The molecule has 2 aliphatic rings.